The van der Waals surface area contributed by atoms with Crippen LogP contribution in [-0.2, 0) is 16.1 Å². The average Bonchev–Trinajstić information content (AvgIpc) is 3.33. The molecule has 0 aliphatic carbocycles. The fraction of sp³-hybridized carbons (Fsp3) is 0.136. The number of amides is 4. The van der Waals surface area contributed by atoms with Crippen molar-refractivity contribution in [1.82, 2.24) is 4.90 Å². The molecule has 1 aromatic heterocycles. The molecular formula is C22H18FN3O3S. The van der Waals surface area contributed by atoms with Gasteiger partial charge in [-0.1, -0.05) is 24.3 Å². The van der Waals surface area contributed by atoms with Crippen LogP contribution in [-0.4, -0.2) is 28.8 Å². The molecule has 0 saturated carbocycles. The van der Waals surface area contributed by atoms with E-state index in [9.17, 15) is 18.8 Å². The molecule has 1 saturated heterocycles. The van der Waals surface area contributed by atoms with Gasteiger partial charge in [-0.2, -0.15) is 0 Å². The highest BCUT2D eigenvalue weighted by atomic mass is 32.1. The predicted octanol–water partition coefficient (Wildman–Crippen LogP) is 4.25. The second-order valence-corrected chi connectivity index (χ2v) is 7.81. The van der Waals surface area contributed by atoms with Gasteiger partial charge < -0.3 is 10.2 Å². The maximum atomic E-state index is 13.1. The molecule has 1 N–H and O–H groups in total. The zero-order valence-corrected chi connectivity index (χ0v) is 16.6. The van der Waals surface area contributed by atoms with Crippen LogP contribution in [0.25, 0.3) is 0 Å². The van der Waals surface area contributed by atoms with E-state index >= 15 is 0 Å². The number of rotatable bonds is 6. The minimum atomic E-state index is -0.930. The van der Waals surface area contributed by atoms with E-state index in [4.69, 9.17) is 0 Å². The number of thiophene rings is 1. The van der Waals surface area contributed by atoms with Crippen molar-refractivity contribution >= 4 is 40.6 Å². The number of carbonyl (C=O) groups is 3. The zero-order valence-electron chi connectivity index (χ0n) is 15.8. The summed E-state index contributed by atoms with van der Waals surface area (Å²) in [7, 11) is 0. The number of anilines is 2. The van der Waals surface area contributed by atoms with Gasteiger partial charge in [0.05, 0.1) is 18.7 Å². The van der Waals surface area contributed by atoms with Crippen LogP contribution >= 0.6 is 11.3 Å². The van der Waals surface area contributed by atoms with Crippen LogP contribution in [0.3, 0.4) is 0 Å². The molecule has 0 radical (unpaired) electrons. The summed E-state index contributed by atoms with van der Waals surface area (Å²) in [6.45, 7) is 0.236. The van der Waals surface area contributed by atoms with Crippen molar-refractivity contribution in [2.75, 3.05) is 10.2 Å². The standard InChI is InChI=1S/C22H18FN3O3S/c23-15-8-10-16(11-9-15)24-20(27)13-19-21(28)26(17-5-2-1-3-6-17)22(29)25(19)14-18-7-4-12-30-18/h1-12,19H,13-14H2,(H,24,27)/t19-/m0/s1. The Bertz CT molecular complexity index is 1060. The summed E-state index contributed by atoms with van der Waals surface area (Å²) in [6.07, 6.45) is -0.198. The maximum absolute atomic E-state index is 13.1. The van der Waals surface area contributed by atoms with Crippen LogP contribution in [0.4, 0.5) is 20.6 Å². The van der Waals surface area contributed by atoms with Gasteiger partial charge >= 0.3 is 6.03 Å². The summed E-state index contributed by atoms with van der Waals surface area (Å²) in [6, 6.07) is 16.4. The molecule has 8 heteroatoms. The van der Waals surface area contributed by atoms with Crippen LogP contribution in [0.15, 0.2) is 72.1 Å². The fourth-order valence-corrected chi connectivity index (χ4v) is 4.02. The Kier molecular flexibility index (Phi) is 5.58. The van der Waals surface area contributed by atoms with E-state index in [2.05, 4.69) is 5.32 Å². The highest BCUT2D eigenvalue weighted by molar-refractivity contribution is 7.09. The Morgan fingerprint density at radius 3 is 2.40 bits per heavy atom. The molecule has 1 aliphatic heterocycles. The largest absolute Gasteiger partial charge is 0.332 e. The number of para-hydroxylation sites is 1. The van der Waals surface area contributed by atoms with Crippen LogP contribution < -0.4 is 10.2 Å². The predicted molar refractivity (Wildman–Crippen MR) is 113 cm³/mol. The number of carbonyl (C=O) groups excluding carboxylic acids is 3. The Morgan fingerprint density at radius 1 is 1.00 bits per heavy atom. The maximum Gasteiger partial charge on any atom is 0.332 e. The smallest absolute Gasteiger partial charge is 0.326 e. The van der Waals surface area contributed by atoms with E-state index in [1.807, 2.05) is 17.5 Å². The number of nitrogens with one attached hydrogen (secondary N) is 1. The number of hydrogen-bond donors (Lipinski definition) is 1. The zero-order chi connectivity index (χ0) is 21.1. The van der Waals surface area contributed by atoms with Crippen LogP contribution in [0.1, 0.15) is 11.3 Å². The molecule has 6 nitrogen and oxygen atoms in total. The van der Waals surface area contributed by atoms with Crippen LogP contribution in [0, 0.1) is 5.82 Å². The number of imide groups is 1. The van der Waals surface area contributed by atoms with Gasteiger partial charge in [0.2, 0.25) is 5.91 Å². The Hall–Kier alpha value is -3.52. The summed E-state index contributed by atoms with van der Waals surface area (Å²) < 4.78 is 13.1. The molecule has 1 atom stereocenters. The topological polar surface area (TPSA) is 69.7 Å². The van der Waals surface area contributed by atoms with E-state index < -0.39 is 29.7 Å². The molecule has 3 aromatic rings. The monoisotopic (exact) mass is 423 g/mol. The molecule has 0 bridgehead atoms. The molecule has 4 rings (SSSR count). The van der Waals surface area contributed by atoms with E-state index in [1.54, 1.807) is 30.3 Å². The fourth-order valence-electron chi connectivity index (χ4n) is 3.32. The molecule has 0 unspecified atom stereocenters. The second-order valence-electron chi connectivity index (χ2n) is 6.77. The van der Waals surface area contributed by atoms with Crippen molar-refractivity contribution in [3.8, 4) is 0 Å². The molecule has 1 aliphatic rings. The second kappa shape index (κ2) is 8.46. The number of benzene rings is 2. The molecular weight excluding hydrogens is 405 g/mol. The molecule has 30 heavy (non-hydrogen) atoms. The summed E-state index contributed by atoms with van der Waals surface area (Å²) in [5.41, 5.74) is 0.882. The molecule has 4 amide bonds. The van der Waals surface area contributed by atoms with E-state index in [-0.39, 0.29) is 13.0 Å². The average molecular weight is 423 g/mol. The Morgan fingerprint density at radius 2 is 1.73 bits per heavy atom. The lowest BCUT2D eigenvalue weighted by molar-refractivity contribution is -0.124. The van der Waals surface area contributed by atoms with Crippen LogP contribution in [0.2, 0.25) is 0 Å². The summed E-state index contributed by atoms with van der Waals surface area (Å²) >= 11 is 1.48. The SMILES string of the molecule is O=C(C[C@H]1C(=O)N(c2ccccc2)C(=O)N1Cc1cccs1)Nc1ccc(F)cc1. The number of nitrogens with zero attached hydrogens (tertiary/aromatic N) is 2. The lowest BCUT2D eigenvalue weighted by Crippen LogP contribution is -2.37. The molecule has 1 fully saturated rings. The van der Waals surface area contributed by atoms with E-state index in [0.717, 1.165) is 9.78 Å². The van der Waals surface area contributed by atoms with Gasteiger partial charge in [-0.25, -0.2) is 14.1 Å². The first-order chi connectivity index (χ1) is 14.5. The van der Waals surface area contributed by atoms with Crippen molar-refractivity contribution in [3.05, 3.63) is 82.8 Å². The first-order valence-electron chi connectivity index (χ1n) is 9.30. The Labute approximate surface area is 176 Å². The summed E-state index contributed by atoms with van der Waals surface area (Å²) in [5.74, 6) is -1.29. The van der Waals surface area contributed by atoms with Crippen molar-refractivity contribution in [1.29, 1.82) is 0 Å². The van der Waals surface area contributed by atoms with Crippen molar-refractivity contribution in [2.45, 2.75) is 19.0 Å². The van der Waals surface area contributed by atoms with E-state index in [0.29, 0.717) is 11.4 Å². The van der Waals surface area contributed by atoms with E-state index in [1.165, 1.54) is 40.5 Å². The first kappa shape index (κ1) is 19.8. The van der Waals surface area contributed by atoms with Gasteiger partial charge in [0.25, 0.3) is 5.91 Å². The third-order valence-electron chi connectivity index (χ3n) is 4.75. The molecule has 2 heterocycles. The third-order valence-corrected chi connectivity index (χ3v) is 5.61. The lowest BCUT2D eigenvalue weighted by atomic mass is 10.1. The van der Waals surface area contributed by atoms with Crippen LogP contribution in [0.5, 0.6) is 0 Å². The lowest BCUT2D eigenvalue weighted by Gasteiger charge is -2.20. The minimum Gasteiger partial charge on any atom is -0.326 e. The van der Waals surface area contributed by atoms with Crippen molar-refractivity contribution < 1.29 is 18.8 Å². The van der Waals surface area contributed by atoms with Gasteiger partial charge in [-0.05, 0) is 47.8 Å². The third kappa shape index (κ3) is 4.08. The molecule has 152 valence electrons. The number of hydrogen-bond acceptors (Lipinski definition) is 4. The van der Waals surface area contributed by atoms with Gasteiger partial charge in [0.15, 0.2) is 0 Å². The van der Waals surface area contributed by atoms with Gasteiger partial charge in [0, 0.05) is 10.6 Å². The molecule has 2 aromatic carbocycles. The van der Waals surface area contributed by atoms with Gasteiger partial charge in [-0.15, -0.1) is 11.3 Å². The minimum absolute atomic E-state index is 0.198. The summed E-state index contributed by atoms with van der Waals surface area (Å²) in [5, 5.41) is 4.55. The number of urea groups is 1. The normalized spacial score (nSPS) is 16.2. The quantitative estimate of drug-likeness (QED) is 0.603. The van der Waals surface area contributed by atoms with Crippen molar-refractivity contribution in [3.63, 3.8) is 0 Å². The highest BCUT2D eigenvalue weighted by Crippen LogP contribution is 2.29. The highest BCUT2D eigenvalue weighted by Gasteiger charge is 2.46. The Balaban J connectivity index is 1.57. The summed E-state index contributed by atoms with van der Waals surface area (Å²) in [4.78, 5) is 42.3. The first-order valence-corrected chi connectivity index (χ1v) is 10.2. The van der Waals surface area contributed by atoms with Gasteiger partial charge in [0.1, 0.15) is 11.9 Å². The number of halogens is 1. The van der Waals surface area contributed by atoms with Crippen molar-refractivity contribution in [2.24, 2.45) is 0 Å². The van der Waals surface area contributed by atoms with Gasteiger partial charge in [-0.3, -0.25) is 9.59 Å². The molecule has 0 spiro atoms.